The summed E-state index contributed by atoms with van der Waals surface area (Å²) in [5.74, 6) is 0. The van der Waals surface area contributed by atoms with Crippen molar-refractivity contribution in [2.75, 3.05) is 6.54 Å². The van der Waals surface area contributed by atoms with Gasteiger partial charge in [-0.25, -0.2) is 0 Å². The smallest absolute Gasteiger partial charge is 0.134 e. The molecule has 1 atom stereocenters. The second kappa shape index (κ2) is 6.03. The number of nitrogens with one attached hydrogen (secondary N) is 1. The van der Waals surface area contributed by atoms with E-state index < -0.39 is 12.2 Å². The van der Waals surface area contributed by atoms with E-state index in [1.165, 1.54) is 0 Å². The normalized spacial score (nSPS) is 12.1. The third-order valence-electron chi connectivity index (χ3n) is 2.11. The average Bonchev–Trinajstić information content (AvgIpc) is 2.25. The topological polar surface area (TPSA) is 72.4 Å². The quantitative estimate of drug-likeness (QED) is 0.689. The molecule has 0 aliphatic carbocycles. The first kappa shape index (κ1) is 11.5. The molecule has 1 aromatic carbocycles. The van der Waals surface area contributed by atoms with Gasteiger partial charge in [0.25, 0.3) is 0 Å². The van der Waals surface area contributed by atoms with E-state index >= 15 is 0 Å². The van der Waals surface area contributed by atoms with Crippen molar-refractivity contribution < 1.29 is 15.0 Å². The average molecular weight is 208 g/mol. The number of hydrogen-bond acceptors (Lipinski definition) is 3. The molecule has 1 amide bonds. The first-order valence-electron chi connectivity index (χ1n) is 4.88. The van der Waals surface area contributed by atoms with Gasteiger partial charge in [-0.3, -0.25) is 0 Å². The van der Waals surface area contributed by atoms with E-state index in [1.807, 2.05) is 30.3 Å². The van der Waals surface area contributed by atoms with Crippen molar-refractivity contribution in [1.82, 2.24) is 5.32 Å². The number of aliphatic hydroxyl groups is 1. The lowest BCUT2D eigenvalue weighted by Gasteiger charge is -2.11. The van der Waals surface area contributed by atoms with Gasteiger partial charge in [-0.2, -0.15) is 0 Å². The van der Waals surface area contributed by atoms with Crippen molar-refractivity contribution in [1.29, 1.82) is 0 Å². The van der Waals surface area contributed by atoms with Crippen molar-refractivity contribution in [2.45, 2.75) is 18.9 Å². The molecule has 0 bridgehead atoms. The highest BCUT2D eigenvalue weighted by atomic mass is 16.4. The molecule has 82 valence electrons. The van der Waals surface area contributed by atoms with Crippen molar-refractivity contribution in [3.63, 3.8) is 0 Å². The molecule has 0 saturated carbocycles. The SMILES string of the molecule is O=C([O-])NCCCC(O)c1ccccc1. The Bertz CT molecular complexity index is 300. The fourth-order valence-corrected chi connectivity index (χ4v) is 1.33. The Hall–Kier alpha value is -1.55. The van der Waals surface area contributed by atoms with Crippen molar-refractivity contribution in [3.05, 3.63) is 35.9 Å². The van der Waals surface area contributed by atoms with Crippen molar-refractivity contribution in [3.8, 4) is 0 Å². The Kier molecular flexibility index (Phi) is 4.63. The fraction of sp³-hybridized carbons (Fsp3) is 0.364. The predicted octanol–water partition coefficient (Wildman–Crippen LogP) is 0.433. The number of benzene rings is 1. The molecule has 0 fully saturated rings. The third-order valence-corrected chi connectivity index (χ3v) is 2.11. The highest BCUT2D eigenvalue weighted by molar-refractivity contribution is 5.61. The van der Waals surface area contributed by atoms with E-state index in [4.69, 9.17) is 0 Å². The highest BCUT2D eigenvalue weighted by Crippen LogP contribution is 2.16. The van der Waals surface area contributed by atoms with Gasteiger partial charge in [0.2, 0.25) is 0 Å². The van der Waals surface area contributed by atoms with Gasteiger partial charge in [-0.05, 0) is 18.4 Å². The fourth-order valence-electron chi connectivity index (χ4n) is 1.33. The minimum atomic E-state index is -1.27. The molecule has 2 N–H and O–H groups in total. The van der Waals surface area contributed by atoms with E-state index in [0.717, 1.165) is 5.56 Å². The third kappa shape index (κ3) is 4.46. The molecule has 0 spiro atoms. The van der Waals surface area contributed by atoms with Gasteiger partial charge in [0.05, 0.1) is 6.10 Å². The molecule has 0 aromatic heterocycles. The van der Waals surface area contributed by atoms with Gasteiger partial charge in [-0.1, -0.05) is 30.3 Å². The van der Waals surface area contributed by atoms with Crippen LogP contribution in [0.5, 0.6) is 0 Å². The van der Waals surface area contributed by atoms with Crippen LogP contribution in [0.3, 0.4) is 0 Å². The molecule has 0 aliphatic rings. The molecular formula is C11H14NO3-. The van der Waals surface area contributed by atoms with Crippen LogP contribution in [0.25, 0.3) is 0 Å². The zero-order valence-electron chi connectivity index (χ0n) is 8.35. The monoisotopic (exact) mass is 208 g/mol. The zero-order valence-corrected chi connectivity index (χ0v) is 8.35. The van der Waals surface area contributed by atoms with Gasteiger partial charge < -0.3 is 20.3 Å². The summed E-state index contributed by atoms with van der Waals surface area (Å²) in [5.41, 5.74) is 0.853. The Morgan fingerprint density at radius 1 is 1.40 bits per heavy atom. The number of hydrogen-bond donors (Lipinski definition) is 2. The highest BCUT2D eigenvalue weighted by Gasteiger charge is 2.05. The second-order valence-electron chi connectivity index (χ2n) is 3.28. The van der Waals surface area contributed by atoms with Gasteiger partial charge in [-0.15, -0.1) is 0 Å². The maximum absolute atomic E-state index is 10.0. The molecule has 1 rings (SSSR count). The summed E-state index contributed by atoms with van der Waals surface area (Å²) >= 11 is 0. The summed E-state index contributed by atoms with van der Waals surface area (Å²) in [6.07, 6.45) is -0.687. The lowest BCUT2D eigenvalue weighted by Crippen LogP contribution is -2.37. The number of amides is 1. The maximum Gasteiger partial charge on any atom is 0.134 e. The molecule has 0 radical (unpaired) electrons. The molecule has 0 heterocycles. The first-order valence-corrected chi connectivity index (χ1v) is 4.88. The van der Waals surface area contributed by atoms with Crippen LogP contribution in [-0.4, -0.2) is 17.7 Å². The molecule has 4 nitrogen and oxygen atoms in total. The molecule has 0 saturated heterocycles. The van der Waals surface area contributed by atoms with Crippen LogP contribution in [-0.2, 0) is 0 Å². The summed E-state index contributed by atoms with van der Waals surface area (Å²) in [4.78, 5) is 10.0. The van der Waals surface area contributed by atoms with Gasteiger partial charge in [0.15, 0.2) is 0 Å². The Morgan fingerprint density at radius 3 is 2.67 bits per heavy atom. The number of aliphatic hydroxyl groups excluding tert-OH is 1. The minimum Gasteiger partial charge on any atom is -0.530 e. The molecule has 15 heavy (non-hydrogen) atoms. The van der Waals surface area contributed by atoms with Crippen LogP contribution >= 0.6 is 0 Å². The summed E-state index contributed by atoms with van der Waals surface area (Å²) in [6, 6.07) is 9.29. The van der Waals surface area contributed by atoms with Gasteiger partial charge >= 0.3 is 0 Å². The van der Waals surface area contributed by atoms with Crippen LogP contribution in [0.4, 0.5) is 4.79 Å². The largest absolute Gasteiger partial charge is 0.530 e. The molecule has 0 aliphatic heterocycles. The molecule has 1 unspecified atom stereocenters. The summed E-state index contributed by atoms with van der Waals surface area (Å²) in [5, 5.41) is 21.9. The van der Waals surface area contributed by atoms with Gasteiger partial charge in [0, 0.05) is 6.54 Å². The summed E-state index contributed by atoms with van der Waals surface area (Å²) in [7, 11) is 0. The van der Waals surface area contributed by atoms with Crippen LogP contribution in [0.2, 0.25) is 0 Å². The van der Waals surface area contributed by atoms with Crippen LogP contribution in [0.15, 0.2) is 30.3 Å². The van der Waals surface area contributed by atoms with E-state index in [9.17, 15) is 15.0 Å². The molecular weight excluding hydrogens is 194 g/mol. The standard InChI is InChI=1S/C11H15NO3/c13-10(7-4-8-12-11(14)15)9-5-2-1-3-6-9/h1-3,5-6,10,12-13H,4,7-8H2,(H,14,15)/p-1. The summed E-state index contributed by atoms with van der Waals surface area (Å²) < 4.78 is 0. The Labute approximate surface area is 88.6 Å². The lowest BCUT2D eigenvalue weighted by molar-refractivity contribution is -0.250. The van der Waals surface area contributed by atoms with Crippen LogP contribution in [0, 0.1) is 0 Å². The van der Waals surface area contributed by atoms with Crippen molar-refractivity contribution in [2.24, 2.45) is 0 Å². The Morgan fingerprint density at radius 2 is 2.07 bits per heavy atom. The zero-order chi connectivity index (χ0) is 11.1. The molecule has 4 heteroatoms. The van der Waals surface area contributed by atoms with E-state index in [2.05, 4.69) is 5.32 Å². The van der Waals surface area contributed by atoms with E-state index in [0.29, 0.717) is 19.4 Å². The number of rotatable bonds is 5. The number of carbonyl (C=O) groups is 1. The van der Waals surface area contributed by atoms with Crippen molar-refractivity contribution >= 4 is 6.09 Å². The first-order chi connectivity index (χ1) is 7.20. The van der Waals surface area contributed by atoms with E-state index in [-0.39, 0.29) is 0 Å². The molecule has 1 aromatic rings. The lowest BCUT2D eigenvalue weighted by atomic mass is 10.1. The number of carbonyl (C=O) groups excluding carboxylic acids is 1. The van der Waals surface area contributed by atoms with E-state index in [1.54, 1.807) is 0 Å². The predicted molar refractivity (Wildman–Crippen MR) is 54.0 cm³/mol. The van der Waals surface area contributed by atoms with Crippen LogP contribution < -0.4 is 10.4 Å². The van der Waals surface area contributed by atoms with Gasteiger partial charge in [0.1, 0.15) is 6.09 Å². The minimum absolute atomic E-state index is 0.312. The Balaban J connectivity index is 2.25. The maximum atomic E-state index is 10.0. The van der Waals surface area contributed by atoms with Crippen LogP contribution in [0.1, 0.15) is 24.5 Å². The second-order valence-corrected chi connectivity index (χ2v) is 3.28. The summed E-state index contributed by atoms with van der Waals surface area (Å²) in [6.45, 7) is 0.312. The number of carboxylic acid groups (broad SMARTS) is 1.